The zero-order chi connectivity index (χ0) is 14.6. The van der Waals surface area contributed by atoms with E-state index in [0.29, 0.717) is 0 Å². The summed E-state index contributed by atoms with van der Waals surface area (Å²) in [6.45, 7) is 10.7. The van der Waals surface area contributed by atoms with Crippen LogP contribution in [0, 0.1) is 5.41 Å². The van der Waals surface area contributed by atoms with Gasteiger partial charge in [0, 0.05) is 13.0 Å². The second-order valence-corrected chi connectivity index (χ2v) is 7.35. The fraction of sp³-hybridized carbons (Fsp3) is 0.471. The van der Waals surface area contributed by atoms with Gasteiger partial charge in [0.25, 0.3) is 0 Å². The summed E-state index contributed by atoms with van der Waals surface area (Å²) in [6.07, 6.45) is 1.03. The first-order valence-electron chi connectivity index (χ1n) is 7.24. The van der Waals surface area contributed by atoms with E-state index in [0.717, 1.165) is 19.5 Å². The van der Waals surface area contributed by atoms with Crippen LogP contribution in [-0.2, 0) is 13.0 Å². The van der Waals surface area contributed by atoms with Crippen molar-refractivity contribution in [3.63, 3.8) is 0 Å². The molecule has 0 atom stereocenters. The fourth-order valence-corrected chi connectivity index (χ4v) is 3.49. The van der Waals surface area contributed by atoms with Gasteiger partial charge in [-0.05, 0) is 17.5 Å². The molecule has 20 heavy (non-hydrogen) atoms. The number of aromatic nitrogens is 1. The molecule has 0 aliphatic rings. The van der Waals surface area contributed by atoms with Gasteiger partial charge < -0.3 is 5.32 Å². The molecule has 0 unspecified atom stereocenters. The minimum absolute atomic E-state index is 0.279. The molecule has 1 heterocycles. The first-order chi connectivity index (χ1) is 9.49. The summed E-state index contributed by atoms with van der Waals surface area (Å²) >= 11 is 1.84. The summed E-state index contributed by atoms with van der Waals surface area (Å²) in [4.78, 5) is 6.18. The van der Waals surface area contributed by atoms with E-state index in [1.807, 2.05) is 11.3 Å². The van der Waals surface area contributed by atoms with E-state index >= 15 is 0 Å². The molecule has 0 aliphatic carbocycles. The molecule has 108 valence electrons. The van der Waals surface area contributed by atoms with E-state index in [1.54, 1.807) is 0 Å². The molecule has 0 amide bonds. The van der Waals surface area contributed by atoms with Crippen LogP contribution in [-0.4, -0.2) is 11.5 Å². The van der Waals surface area contributed by atoms with Crippen LogP contribution in [0.3, 0.4) is 0 Å². The van der Waals surface area contributed by atoms with Crippen LogP contribution in [0.4, 0.5) is 0 Å². The standard InChI is InChI=1S/C17H24N2S/c1-5-18-12-14-16(13-9-7-6-8-10-13)20-15(19-14)11-17(2,3)4/h6-10,18H,5,11-12H2,1-4H3. The Labute approximate surface area is 126 Å². The summed E-state index contributed by atoms with van der Waals surface area (Å²) in [7, 11) is 0. The van der Waals surface area contributed by atoms with Crippen molar-refractivity contribution in [2.75, 3.05) is 6.54 Å². The normalized spacial score (nSPS) is 11.8. The van der Waals surface area contributed by atoms with Crippen molar-refractivity contribution in [1.82, 2.24) is 10.3 Å². The molecule has 2 nitrogen and oxygen atoms in total. The van der Waals surface area contributed by atoms with Gasteiger partial charge >= 0.3 is 0 Å². The van der Waals surface area contributed by atoms with E-state index < -0.39 is 0 Å². The third kappa shape index (κ3) is 4.15. The topological polar surface area (TPSA) is 24.9 Å². The van der Waals surface area contributed by atoms with Gasteiger partial charge in [-0.2, -0.15) is 0 Å². The molecule has 0 aliphatic heterocycles. The Morgan fingerprint density at radius 3 is 2.45 bits per heavy atom. The van der Waals surface area contributed by atoms with Crippen LogP contribution in [0.15, 0.2) is 30.3 Å². The van der Waals surface area contributed by atoms with Crippen molar-refractivity contribution in [2.24, 2.45) is 5.41 Å². The summed E-state index contributed by atoms with van der Waals surface area (Å²) in [5.41, 5.74) is 2.74. The molecule has 0 radical (unpaired) electrons. The molecule has 1 N–H and O–H groups in total. The van der Waals surface area contributed by atoms with Crippen molar-refractivity contribution in [3.8, 4) is 10.4 Å². The zero-order valence-electron chi connectivity index (χ0n) is 12.9. The molecule has 0 saturated heterocycles. The van der Waals surface area contributed by atoms with Crippen molar-refractivity contribution >= 4 is 11.3 Å². The summed E-state index contributed by atoms with van der Waals surface area (Å²) in [5.74, 6) is 0. The van der Waals surface area contributed by atoms with Crippen LogP contribution < -0.4 is 5.32 Å². The third-order valence-electron chi connectivity index (χ3n) is 3.00. The highest BCUT2D eigenvalue weighted by atomic mass is 32.1. The predicted octanol–water partition coefficient (Wildman–Crippen LogP) is 4.51. The van der Waals surface area contributed by atoms with E-state index in [2.05, 4.69) is 63.3 Å². The maximum atomic E-state index is 4.87. The minimum Gasteiger partial charge on any atom is -0.311 e. The Morgan fingerprint density at radius 1 is 1.15 bits per heavy atom. The van der Waals surface area contributed by atoms with Gasteiger partial charge in [-0.3, -0.25) is 0 Å². The Bertz CT molecular complexity index is 538. The molecule has 2 aromatic rings. The van der Waals surface area contributed by atoms with Crippen LogP contribution in [0.25, 0.3) is 10.4 Å². The molecule has 0 fully saturated rings. The monoisotopic (exact) mass is 288 g/mol. The van der Waals surface area contributed by atoms with Gasteiger partial charge in [0.1, 0.15) is 0 Å². The summed E-state index contributed by atoms with van der Waals surface area (Å²) in [5, 5.41) is 4.64. The number of rotatable bonds is 5. The summed E-state index contributed by atoms with van der Waals surface area (Å²) < 4.78 is 0. The lowest BCUT2D eigenvalue weighted by molar-refractivity contribution is 0.410. The Morgan fingerprint density at radius 2 is 1.85 bits per heavy atom. The molecular weight excluding hydrogens is 264 g/mol. The number of nitrogens with one attached hydrogen (secondary N) is 1. The second-order valence-electron chi connectivity index (χ2n) is 6.27. The largest absolute Gasteiger partial charge is 0.311 e. The maximum Gasteiger partial charge on any atom is 0.0940 e. The Kier molecular flexibility index (Phi) is 4.95. The van der Waals surface area contributed by atoms with Gasteiger partial charge in [0.2, 0.25) is 0 Å². The molecule has 2 rings (SSSR count). The van der Waals surface area contributed by atoms with Gasteiger partial charge in [-0.1, -0.05) is 58.0 Å². The van der Waals surface area contributed by atoms with Gasteiger partial charge in [-0.15, -0.1) is 11.3 Å². The molecule has 0 spiro atoms. The highest BCUT2D eigenvalue weighted by molar-refractivity contribution is 7.15. The lowest BCUT2D eigenvalue weighted by Crippen LogP contribution is -2.13. The number of nitrogens with zero attached hydrogens (tertiary/aromatic N) is 1. The van der Waals surface area contributed by atoms with Crippen LogP contribution in [0.5, 0.6) is 0 Å². The molecule has 1 aromatic carbocycles. The first-order valence-corrected chi connectivity index (χ1v) is 8.06. The van der Waals surface area contributed by atoms with E-state index in [1.165, 1.54) is 21.1 Å². The van der Waals surface area contributed by atoms with Gasteiger partial charge in [0.05, 0.1) is 15.6 Å². The number of benzene rings is 1. The highest BCUT2D eigenvalue weighted by Gasteiger charge is 2.18. The Hall–Kier alpha value is -1.19. The molecule has 0 bridgehead atoms. The SMILES string of the molecule is CCNCc1nc(CC(C)(C)C)sc1-c1ccccc1. The Balaban J connectivity index is 2.33. The average Bonchev–Trinajstić information content (AvgIpc) is 2.78. The number of thiazole rings is 1. The van der Waals surface area contributed by atoms with Crippen LogP contribution >= 0.6 is 11.3 Å². The van der Waals surface area contributed by atoms with Crippen LogP contribution in [0.2, 0.25) is 0 Å². The second kappa shape index (κ2) is 6.51. The van der Waals surface area contributed by atoms with E-state index in [4.69, 9.17) is 4.98 Å². The van der Waals surface area contributed by atoms with Crippen molar-refractivity contribution in [3.05, 3.63) is 41.0 Å². The predicted molar refractivity (Wildman–Crippen MR) is 88.1 cm³/mol. The summed E-state index contributed by atoms with van der Waals surface area (Å²) in [6, 6.07) is 10.6. The number of hydrogen-bond acceptors (Lipinski definition) is 3. The quantitative estimate of drug-likeness (QED) is 0.875. The molecule has 1 aromatic heterocycles. The first kappa shape index (κ1) is 15.2. The third-order valence-corrected chi connectivity index (χ3v) is 4.15. The van der Waals surface area contributed by atoms with Crippen molar-refractivity contribution in [2.45, 2.75) is 40.7 Å². The molecule has 0 saturated carbocycles. The highest BCUT2D eigenvalue weighted by Crippen LogP contribution is 2.33. The molecule has 3 heteroatoms. The van der Waals surface area contributed by atoms with Gasteiger partial charge in [0.15, 0.2) is 0 Å². The van der Waals surface area contributed by atoms with Crippen molar-refractivity contribution in [1.29, 1.82) is 0 Å². The van der Waals surface area contributed by atoms with Gasteiger partial charge in [-0.25, -0.2) is 4.98 Å². The van der Waals surface area contributed by atoms with Crippen LogP contribution in [0.1, 0.15) is 38.4 Å². The maximum absolute atomic E-state index is 4.87. The van der Waals surface area contributed by atoms with Crippen molar-refractivity contribution < 1.29 is 0 Å². The van der Waals surface area contributed by atoms with E-state index in [-0.39, 0.29) is 5.41 Å². The fourth-order valence-electron chi connectivity index (χ4n) is 2.11. The minimum atomic E-state index is 0.279. The lowest BCUT2D eigenvalue weighted by atomic mass is 9.93. The lowest BCUT2D eigenvalue weighted by Gasteiger charge is -2.15. The number of hydrogen-bond donors (Lipinski definition) is 1. The smallest absolute Gasteiger partial charge is 0.0940 e. The molecular formula is C17H24N2S. The van der Waals surface area contributed by atoms with E-state index in [9.17, 15) is 0 Å². The average molecular weight is 288 g/mol. The zero-order valence-corrected chi connectivity index (χ0v) is 13.7.